The van der Waals surface area contributed by atoms with Crippen molar-refractivity contribution in [2.75, 3.05) is 4.90 Å². The Labute approximate surface area is 133 Å². The Bertz CT molecular complexity index is 750. The summed E-state index contributed by atoms with van der Waals surface area (Å²) in [5, 5.41) is 3.70. The third-order valence-corrected chi connectivity index (χ3v) is 4.48. The molecular weight excluding hydrogens is 300 g/mol. The SMILES string of the molecule is C[C@@]12C[C@@H](NC(=O)N1c1ccccc1)c1cc(Cl)ccc1O2. The molecule has 0 aliphatic carbocycles. The van der Waals surface area contributed by atoms with Crippen LogP contribution in [0, 0.1) is 0 Å². The molecule has 112 valence electrons. The molecule has 2 amide bonds. The van der Waals surface area contributed by atoms with Crippen LogP contribution in [0.15, 0.2) is 48.5 Å². The van der Waals surface area contributed by atoms with Gasteiger partial charge in [0.1, 0.15) is 5.75 Å². The zero-order chi connectivity index (χ0) is 15.3. The second-order valence-electron chi connectivity index (χ2n) is 5.84. The number of nitrogens with zero attached hydrogens (tertiary/aromatic N) is 1. The van der Waals surface area contributed by atoms with Gasteiger partial charge < -0.3 is 10.1 Å². The Morgan fingerprint density at radius 1 is 1.27 bits per heavy atom. The predicted octanol–water partition coefficient (Wildman–Crippen LogP) is 4.11. The third kappa shape index (κ3) is 1.95. The summed E-state index contributed by atoms with van der Waals surface area (Å²) in [5.41, 5.74) is 1.04. The number of nitrogens with one attached hydrogen (secondary N) is 1. The van der Waals surface area contributed by atoms with E-state index in [2.05, 4.69) is 5.32 Å². The van der Waals surface area contributed by atoms with E-state index in [1.165, 1.54) is 0 Å². The van der Waals surface area contributed by atoms with E-state index >= 15 is 0 Å². The Morgan fingerprint density at radius 2 is 2.05 bits per heavy atom. The quantitative estimate of drug-likeness (QED) is 0.860. The van der Waals surface area contributed by atoms with Gasteiger partial charge in [-0.05, 0) is 37.3 Å². The maximum absolute atomic E-state index is 12.6. The van der Waals surface area contributed by atoms with E-state index < -0.39 is 5.72 Å². The fraction of sp³-hybridized carbons (Fsp3) is 0.235. The van der Waals surface area contributed by atoms with Gasteiger partial charge in [0.05, 0.1) is 6.04 Å². The normalized spacial score (nSPS) is 26.0. The number of fused-ring (bicyclic) bond motifs is 4. The number of urea groups is 1. The summed E-state index contributed by atoms with van der Waals surface area (Å²) < 4.78 is 6.19. The first kappa shape index (κ1) is 13.5. The van der Waals surface area contributed by atoms with E-state index in [4.69, 9.17) is 16.3 Å². The van der Waals surface area contributed by atoms with E-state index in [1.807, 2.05) is 49.4 Å². The maximum Gasteiger partial charge on any atom is 0.325 e. The lowest BCUT2D eigenvalue weighted by molar-refractivity contribution is 0.0379. The summed E-state index contributed by atoms with van der Waals surface area (Å²) in [4.78, 5) is 14.3. The monoisotopic (exact) mass is 314 g/mol. The van der Waals surface area contributed by atoms with Crippen LogP contribution in [0.3, 0.4) is 0 Å². The average Bonchev–Trinajstić information content (AvgIpc) is 2.48. The number of anilines is 1. The standard InChI is InChI=1S/C17H15ClN2O2/c1-17-10-14(13-9-11(18)7-8-15(13)22-17)19-16(21)20(17)12-5-3-2-4-6-12/h2-9,14H,10H2,1H3,(H,19,21)/t14-,17-/m1/s1. The van der Waals surface area contributed by atoms with Gasteiger partial charge >= 0.3 is 6.03 Å². The van der Waals surface area contributed by atoms with E-state index in [9.17, 15) is 4.79 Å². The predicted molar refractivity (Wildman–Crippen MR) is 85.3 cm³/mol. The van der Waals surface area contributed by atoms with Crippen LogP contribution in [0.1, 0.15) is 24.9 Å². The number of carbonyl (C=O) groups is 1. The molecule has 0 radical (unpaired) electrons. The topological polar surface area (TPSA) is 41.6 Å². The van der Waals surface area contributed by atoms with Crippen LogP contribution in [0.4, 0.5) is 10.5 Å². The molecule has 22 heavy (non-hydrogen) atoms. The van der Waals surface area contributed by atoms with E-state index in [1.54, 1.807) is 11.0 Å². The Morgan fingerprint density at radius 3 is 2.82 bits per heavy atom. The largest absolute Gasteiger partial charge is 0.467 e. The molecule has 2 atom stereocenters. The summed E-state index contributed by atoms with van der Waals surface area (Å²) in [6.07, 6.45) is 0.668. The van der Waals surface area contributed by atoms with Gasteiger partial charge in [0.15, 0.2) is 5.72 Å². The summed E-state index contributed by atoms with van der Waals surface area (Å²) in [7, 11) is 0. The van der Waals surface area contributed by atoms with Crippen LogP contribution in [0.2, 0.25) is 5.02 Å². The van der Waals surface area contributed by atoms with E-state index in [0.717, 1.165) is 17.0 Å². The van der Waals surface area contributed by atoms with Crippen molar-refractivity contribution in [2.24, 2.45) is 0 Å². The fourth-order valence-electron chi connectivity index (χ4n) is 3.31. The summed E-state index contributed by atoms with van der Waals surface area (Å²) in [6.45, 7) is 1.95. The number of halogens is 1. The van der Waals surface area contributed by atoms with Crippen LogP contribution >= 0.6 is 11.6 Å². The third-order valence-electron chi connectivity index (χ3n) is 4.25. The van der Waals surface area contributed by atoms with Crippen LogP contribution in [0.25, 0.3) is 0 Å². The number of hydrogen-bond donors (Lipinski definition) is 1. The number of para-hydroxylation sites is 1. The minimum absolute atomic E-state index is 0.0834. The highest BCUT2D eigenvalue weighted by molar-refractivity contribution is 6.30. The van der Waals surface area contributed by atoms with Crippen molar-refractivity contribution in [1.29, 1.82) is 0 Å². The molecular formula is C17H15ClN2O2. The van der Waals surface area contributed by atoms with Gasteiger partial charge in [-0.25, -0.2) is 4.79 Å². The second kappa shape index (κ2) is 4.65. The molecule has 0 aromatic heterocycles. The van der Waals surface area contributed by atoms with Crippen LogP contribution in [0.5, 0.6) is 5.75 Å². The van der Waals surface area contributed by atoms with Gasteiger partial charge in [-0.2, -0.15) is 0 Å². The van der Waals surface area contributed by atoms with Crippen molar-refractivity contribution in [3.8, 4) is 5.75 Å². The van der Waals surface area contributed by atoms with Gasteiger partial charge in [-0.1, -0.05) is 29.8 Å². The molecule has 0 spiro atoms. The number of amides is 2. The zero-order valence-corrected chi connectivity index (χ0v) is 12.8. The van der Waals surface area contributed by atoms with Gasteiger partial charge in [-0.15, -0.1) is 0 Å². The number of ether oxygens (including phenoxy) is 1. The highest BCUT2D eigenvalue weighted by Crippen LogP contribution is 2.46. The zero-order valence-electron chi connectivity index (χ0n) is 12.0. The average molecular weight is 315 g/mol. The molecule has 0 saturated carbocycles. The summed E-state index contributed by atoms with van der Waals surface area (Å²) in [6, 6.07) is 14.9. The Kier molecular flexibility index (Phi) is 2.84. The summed E-state index contributed by atoms with van der Waals surface area (Å²) >= 11 is 6.07. The lowest BCUT2D eigenvalue weighted by Crippen LogP contribution is -2.65. The summed E-state index contributed by atoms with van der Waals surface area (Å²) in [5.74, 6) is 0.768. The molecule has 4 rings (SSSR count). The van der Waals surface area contributed by atoms with Crippen LogP contribution < -0.4 is 15.0 Å². The Hall–Kier alpha value is -2.20. The van der Waals surface area contributed by atoms with Gasteiger partial charge in [-0.3, -0.25) is 4.90 Å². The minimum atomic E-state index is -0.713. The molecule has 2 bridgehead atoms. The van der Waals surface area contributed by atoms with Gasteiger partial charge in [0.2, 0.25) is 0 Å². The van der Waals surface area contributed by atoms with E-state index in [0.29, 0.717) is 11.4 Å². The maximum atomic E-state index is 12.6. The molecule has 0 unspecified atom stereocenters. The number of carbonyl (C=O) groups excluding carboxylic acids is 1. The highest BCUT2D eigenvalue weighted by Gasteiger charge is 2.49. The molecule has 1 saturated heterocycles. The Balaban J connectivity index is 1.81. The van der Waals surface area contributed by atoms with E-state index in [-0.39, 0.29) is 12.1 Å². The highest BCUT2D eigenvalue weighted by atomic mass is 35.5. The first-order chi connectivity index (χ1) is 10.6. The van der Waals surface area contributed by atoms with Crippen molar-refractivity contribution in [1.82, 2.24) is 5.32 Å². The van der Waals surface area contributed by atoms with Crippen LogP contribution in [-0.4, -0.2) is 11.8 Å². The molecule has 1 fully saturated rings. The molecule has 2 heterocycles. The van der Waals surface area contributed by atoms with Crippen molar-refractivity contribution < 1.29 is 9.53 Å². The minimum Gasteiger partial charge on any atom is -0.467 e. The molecule has 2 aromatic carbocycles. The number of benzene rings is 2. The van der Waals surface area contributed by atoms with Crippen molar-refractivity contribution in [2.45, 2.75) is 25.1 Å². The lowest BCUT2D eigenvalue weighted by Gasteiger charge is -2.50. The van der Waals surface area contributed by atoms with Crippen molar-refractivity contribution in [3.63, 3.8) is 0 Å². The fourth-order valence-corrected chi connectivity index (χ4v) is 3.49. The number of hydrogen-bond acceptors (Lipinski definition) is 2. The number of rotatable bonds is 1. The van der Waals surface area contributed by atoms with Crippen molar-refractivity contribution >= 4 is 23.3 Å². The molecule has 2 aliphatic rings. The first-order valence-electron chi connectivity index (χ1n) is 7.21. The molecule has 2 aliphatic heterocycles. The lowest BCUT2D eigenvalue weighted by atomic mass is 9.90. The first-order valence-corrected chi connectivity index (χ1v) is 7.59. The molecule has 1 N–H and O–H groups in total. The molecule has 2 aromatic rings. The molecule has 4 nitrogen and oxygen atoms in total. The smallest absolute Gasteiger partial charge is 0.325 e. The van der Waals surface area contributed by atoms with Gasteiger partial charge in [0, 0.05) is 22.7 Å². The molecule has 5 heteroatoms. The van der Waals surface area contributed by atoms with Crippen LogP contribution in [-0.2, 0) is 0 Å². The van der Waals surface area contributed by atoms with Gasteiger partial charge in [0.25, 0.3) is 0 Å². The second-order valence-corrected chi connectivity index (χ2v) is 6.27. The van der Waals surface area contributed by atoms with Crippen molar-refractivity contribution in [3.05, 3.63) is 59.1 Å².